The average molecular weight is 291 g/mol. The summed E-state index contributed by atoms with van der Waals surface area (Å²) < 4.78 is 0. The zero-order valence-electron chi connectivity index (χ0n) is 13.4. The molecule has 1 heterocycles. The van der Waals surface area contributed by atoms with Gasteiger partial charge < -0.3 is 0 Å². The SMILES string of the molecule is CN1[C@H](c2ccccc2)[C@H]2CCC[C@@H](C2)[C@@H]1c1ccccc1. The molecule has 1 aliphatic carbocycles. The van der Waals surface area contributed by atoms with Crippen molar-refractivity contribution in [3.63, 3.8) is 0 Å². The third-order valence-corrected chi connectivity index (χ3v) is 5.81. The van der Waals surface area contributed by atoms with E-state index < -0.39 is 0 Å². The van der Waals surface area contributed by atoms with Gasteiger partial charge in [0.1, 0.15) is 0 Å². The molecule has 0 N–H and O–H groups in total. The summed E-state index contributed by atoms with van der Waals surface area (Å²) in [6.45, 7) is 0. The van der Waals surface area contributed by atoms with Gasteiger partial charge in [-0.15, -0.1) is 0 Å². The largest absolute Gasteiger partial charge is 0.292 e. The number of rotatable bonds is 2. The predicted molar refractivity (Wildman–Crippen MR) is 91.6 cm³/mol. The lowest BCUT2D eigenvalue weighted by atomic mass is 9.67. The van der Waals surface area contributed by atoms with Gasteiger partial charge in [-0.25, -0.2) is 0 Å². The monoisotopic (exact) mass is 291 g/mol. The highest BCUT2D eigenvalue weighted by molar-refractivity contribution is 5.26. The Balaban J connectivity index is 1.73. The van der Waals surface area contributed by atoms with Gasteiger partial charge in [-0.2, -0.15) is 0 Å². The Labute approximate surface area is 134 Å². The highest BCUT2D eigenvalue weighted by atomic mass is 15.2. The van der Waals surface area contributed by atoms with Crippen LogP contribution in [0.1, 0.15) is 48.9 Å². The molecule has 1 heteroatoms. The van der Waals surface area contributed by atoms with E-state index in [1.54, 1.807) is 0 Å². The molecule has 2 aromatic rings. The molecule has 0 radical (unpaired) electrons. The van der Waals surface area contributed by atoms with Crippen LogP contribution in [0.5, 0.6) is 0 Å². The van der Waals surface area contributed by atoms with E-state index in [0.29, 0.717) is 12.1 Å². The minimum absolute atomic E-state index is 0.572. The van der Waals surface area contributed by atoms with E-state index >= 15 is 0 Å². The Morgan fingerprint density at radius 2 is 1.18 bits per heavy atom. The summed E-state index contributed by atoms with van der Waals surface area (Å²) in [6.07, 6.45) is 5.57. The van der Waals surface area contributed by atoms with Crippen molar-refractivity contribution in [1.82, 2.24) is 4.90 Å². The van der Waals surface area contributed by atoms with E-state index in [2.05, 4.69) is 72.6 Å². The molecule has 2 bridgehead atoms. The van der Waals surface area contributed by atoms with E-state index in [9.17, 15) is 0 Å². The summed E-state index contributed by atoms with van der Waals surface area (Å²) in [5.41, 5.74) is 2.99. The van der Waals surface area contributed by atoms with Crippen LogP contribution in [-0.4, -0.2) is 11.9 Å². The number of nitrogens with zero attached hydrogens (tertiary/aromatic N) is 1. The fourth-order valence-electron chi connectivity index (χ4n) is 4.99. The fraction of sp³-hybridized carbons (Fsp3) is 0.429. The van der Waals surface area contributed by atoms with Crippen LogP contribution in [-0.2, 0) is 0 Å². The van der Waals surface area contributed by atoms with Crippen LogP contribution >= 0.6 is 0 Å². The van der Waals surface area contributed by atoms with Gasteiger partial charge >= 0.3 is 0 Å². The molecule has 1 saturated carbocycles. The molecule has 0 aromatic heterocycles. The second-order valence-electron chi connectivity index (χ2n) is 7.06. The molecule has 2 fully saturated rings. The Kier molecular flexibility index (Phi) is 3.75. The Morgan fingerprint density at radius 1 is 0.727 bits per heavy atom. The number of fused-ring (bicyclic) bond motifs is 2. The zero-order valence-corrected chi connectivity index (χ0v) is 13.4. The molecule has 22 heavy (non-hydrogen) atoms. The topological polar surface area (TPSA) is 3.24 Å². The van der Waals surface area contributed by atoms with Gasteiger partial charge in [-0.3, -0.25) is 4.90 Å². The summed E-state index contributed by atoms with van der Waals surface area (Å²) in [4.78, 5) is 2.67. The first-order valence-corrected chi connectivity index (χ1v) is 8.66. The molecule has 0 amide bonds. The van der Waals surface area contributed by atoms with E-state index in [1.807, 2.05) is 0 Å². The second kappa shape index (κ2) is 5.89. The summed E-state index contributed by atoms with van der Waals surface area (Å²) >= 11 is 0. The fourth-order valence-corrected chi connectivity index (χ4v) is 4.99. The molecule has 2 aromatic carbocycles. The normalized spacial score (nSPS) is 31.9. The summed E-state index contributed by atoms with van der Waals surface area (Å²) in [6, 6.07) is 23.4. The molecule has 4 rings (SSSR count). The summed E-state index contributed by atoms with van der Waals surface area (Å²) in [5, 5.41) is 0. The molecular formula is C21H25N. The van der Waals surface area contributed by atoms with Crippen molar-refractivity contribution in [3.8, 4) is 0 Å². The van der Waals surface area contributed by atoms with Crippen LogP contribution in [0.4, 0.5) is 0 Å². The van der Waals surface area contributed by atoms with Gasteiger partial charge in [0, 0.05) is 12.1 Å². The maximum Gasteiger partial charge on any atom is 0.0379 e. The highest BCUT2D eigenvalue weighted by Gasteiger charge is 2.43. The number of hydrogen-bond donors (Lipinski definition) is 0. The van der Waals surface area contributed by atoms with E-state index in [1.165, 1.54) is 36.8 Å². The van der Waals surface area contributed by atoms with Gasteiger partial charge in [0.2, 0.25) is 0 Å². The lowest BCUT2D eigenvalue weighted by molar-refractivity contribution is -0.0127. The van der Waals surface area contributed by atoms with Crippen LogP contribution in [0.25, 0.3) is 0 Å². The Morgan fingerprint density at radius 3 is 1.64 bits per heavy atom. The Hall–Kier alpha value is -1.60. The first kappa shape index (κ1) is 14.0. The second-order valence-corrected chi connectivity index (χ2v) is 7.06. The smallest absolute Gasteiger partial charge is 0.0379 e. The number of piperidine rings is 1. The molecule has 2 aliphatic rings. The van der Waals surface area contributed by atoms with Gasteiger partial charge in [-0.05, 0) is 49.3 Å². The van der Waals surface area contributed by atoms with Crippen molar-refractivity contribution in [3.05, 3.63) is 71.8 Å². The van der Waals surface area contributed by atoms with Crippen molar-refractivity contribution < 1.29 is 0 Å². The minimum atomic E-state index is 0.572. The molecule has 0 spiro atoms. The lowest BCUT2D eigenvalue weighted by Crippen LogP contribution is -2.45. The molecule has 114 valence electrons. The lowest BCUT2D eigenvalue weighted by Gasteiger charge is -2.52. The van der Waals surface area contributed by atoms with E-state index in [-0.39, 0.29) is 0 Å². The summed E-state index contributed by atoms with van der Waals surface area (Å²) in [5.74, 6) is 1.65. The van der Waals surface area contributed by atoms with E-state index in [4.69, 9.17) is 0 Å². The third-order valence-electron chi connectivity index (χ3n) is 5.81. The van der Waals surface area contributed by atoms with Crippen LogP contribution in [0, 0.1) is 11.8 Å². The molecule has 0 unspecified atom stereocenters. The van der Waals surface area contributed by atoms with Crippen molar-refractivity contribution in [1.29, 1.82) is 0 Å². The highest BCUT2D eigenvalue weighted by Crippen LogP contribution is 2.52. The van der Waals surface area contributed by atoms with Crippen LogP contribution in [0.3, 0.4) is 0 Å². The van der Waals surface area contributed by atoms with Crippen molar-refractivity contribution in [2.75, 3.05) is 7.05 Å². The molecule has 1 nitrogen and oxygen atoms in total. The molecule has 4 atom stereocenters. The standard InChI is InChI=1S/C21H25N/c1-22-20(16-9-4-2-5-10-16)18-13-8-14-19(15-18)21(22)17-11-6-3-7-12-17/h2-7,9-12,18-21H,8,13-15H2,1H3/t18-,19-,20-,21+/m0/s1. The number of likely N-dealkylation sites (tertiary alicyclic amines) is 1. The van der Waals surface area contributed by atoms with Gasteiger partial charge in [-0.1, -0.05) is 67.1 Å². The Bertz CT molecular complexity index is 553. The molecule has 1 aliphatic heterocycles. The zero-order chi connectivity index (χ0) is 14.9. The molecular weight excluding hydrogens is 266 g/mol. The summed E-state index contributed by atoms with van der Waals surface area (Å²) in [7, 11) is 2.35. The quantitative estimate of drug-likeness (QED) is 0.733. The maximum absolute atomic E-state index is 2.67. The number of benzene rings is 2. The average Bonchev–Trinajstić information content (AvgIpc) is 2.57. The van der Waals surface area contributed by atoms with Gasteiger partial charge in [0.15, 0.2) is 0 Å². The van der Waals surface area contributed by atoms with Gasteiger partial charge in [0.05, 0.1) is 0 Å². The third kappa shape index (κ3) is 2.38. The first-order chi connectivity index (χ1) is 10.8. The predicted octanol–water partition coefficient (Wildman–Crippen LogP) is 5.22. The number of hydrogen-bond acceptors (Lipinski definition) is 1. The first-order valence-electron chi connectivity index (χ1n) is 8.66. The molecule has 1 saturated heterocycles. The van der Waals surface area contributed by atoms with Gasteiger partial charge in [0.25, 0.3) is 0 Å². The van der Waals surface area contributed by atoms with Crippen molar-refractivity contribution >= 4 is 0 Å². The van der Waals surface area contributed by atoms with Crippen molar-refractivity contribution in [2.45, 2.75) is 37.8 Å². The van der Waals surface area contributed by atoms with Crippen LogP contribution in [0.2, 0.25) is 0 Å². The van der Waals surface area contributed by atoms with Crippen LogP contribution in [0.15, 0.2) is 60.7 Å². The van der Waals surface area contributed by atoms with Crippen LogP contribution < -0.4 is 0 Å². The van der Waals surface area contributed by atoms with Crippen molar-refractivity contribution in [2.24, 2.45) is 11.8 Å². The maximum atomic E-state index is 2.67. The van der Waals surface area contributed by atoms with E-state index in [0.717, 1.165) is 11.8 Å². The minimum Gasteiger partial charge on any atom is -0.292 e.